The zero-order valence-corrected chi connectivity index (χ0v) is 13.8. The molecule has 130 valence electrons. The Hall–Kier alpha value is -3.29. The van der Waals surface area contributed by atoms with Gasteiger partial charge in [-0.2, -0.15) is 0 Å². The number of nitrogens with one attached hydrogen (secondary N) is 1. The molecule has 0 aliphatic carbocycles. The molecule has 0 amide bonds. The first-order chi connectivity index (χ1) is 11.9. The summed E-state index contributed by atoms with van der Waals surface area (Å²) in [5.74, 6) is -2.52. The van der Waals surface area contributed by atoms with E-state index in [1.165, 1.54) is 14.0 Å². The summed E-state index contributed by atoms with van der Waals surface area (Å²) < 4.78 is 14.9. The Kier molecular flexibility index (Phi) is 3.75. The summed E-state index contributed by atoms with van der Waals surface area (Å²) >= 11 is 0. The van der Waals surface area contributed by atoms with Gasteiger partial charge in [-0.1, -0.05) is 18.2 Å². The number of anilines is 1. The smallest absolute Gasteiger partial charge is 0.339 e. The van der Waals surface area contributed by atoms with Gasteiger partial charge in [0.1, 0.15) is 22.7 Å². The van der Waals surface area contributed by atoms with Crippen LogP contribution in [0, 0.1) is 0 Å². The van der Waals surface area contributed by atoms with Crippen molar-refractivity contribution in [1.82, 2.24) is 0 Å². The third kappa shape index (κ3) is 2.03. The van der Waals surface area contributed by atoms with Crippen molar-refractivity contribution in [2.24, 2.45) is 5.73 Å². The molecule has 1 spiro atoms. The van der Waals surface area contributed by atoms with Crippen molar-refractivity contribution in [1.29, 1.82) is 0 Å². The van der Waals surface area contributed by atoms with Crippen LogP contribution in [-0.4, -0.2) is 32.1 Å². The summed E-state index contributed by atoms with van der Waals surface area (Å²) in [7, 11) is 2.34. The summed E-state index contributed by atoms with van der Waals surface area (Å²) in [5.41, 5.74) is 4.69. The molecule has 0 fully saturated rings. The first kappa shape index (κ1) is 16.6. The molecular weight excluding hydrogens is 328 g/mol. The van der Waals surface area contributed by atoms with Crippen molar-refractivity contribution in [2.45, 2.75) is 12.3 Å². The summed E-state index contributed by atoms with van der Waals surface area (Å²) in [6.45, 7) is 1.45. The molecule has 8 heteroatoms. The lowest BCUT2D eigenvalue weighted by Crippen LogP contribution is -2.47. The second-order valence-electron chi connectivity index (χ2n) is 5.51. The Labute approximate surface area is 143 Å². The first-order valence-electron chi connectivity index (χ1n) is 7.36. The van der Waals surface area contributed by atoms with Crippen molar-refractivity contribution in [3.63, 3.8) is 0 Å². The van der Waals surface area contributed by atoms with Crippen LogP contribution in [0.25, 0.3) is 0 Å². The lowest BCUT2D eigenvalue weighted by molar-refractivity contribution is -0.146. The van der Waals surface area contributed by atoms with Gasteiger partial charge in [0, 0.05) is 11.3 Å². The average molecular weight is 344 g/mol. The Balaban J connectivity index is 2.45. The fourth-order valence-electron chi connectivity index (χ4n) is 3.33. The number of fused-ring (bicyclic) bond motifs is 2. The predicted molar refractivity (Wildman–Crippen MR) is 85.8 cm³/mol. The molecule has 8 nitrogen and oxygen atoms in total. The third-order valence-electron chi connectivity index (χ3n) is 4.30. The van der Waals surface area contributed by atoms with Gasteiger partial charge in [0.15, 0.2) is 5.41 Å². The largest absolute Gasteiger partial charge is 0.466 e. The minimum atomic E-state index is -1.85. The standard InChI is InChI=1S/C17H16N2O6/c1-8-11(14(20)23-2)17(16(22)25-8)9-6-4-5-7-10(9)19-13(18)12(17)15(21)24-3/h4-7,19H,18H2,1-3H3/t17-/m1/s1. The van der Waals surface area contributed by atoms with Crippen LogP contribution in [0.15, 0.2) is 47.0 Å². The summed E-state index contributed by atoms with van der Waals surface area (Å²) in [4.78, 5) is 37.9. The van der Waals surface area contributed by atoms with Gasteiger partial charge in [0.25, 0.3) is 0 Å². The highest BCUT2D eigenvalue weighted by atomic mass is 16.6. The Morgan fingerprint density at radius 1 is 1.12 bits per heavy atom. The Morgan fingerprint density at radius 3 is 2.36 bits per heavy atom. The van der Waals surface area contributed by atoms with Crippen molar-refractivity contribution >= 4 is 23.6 Å². The molecule has 25 heavy (non-hydrogen) atoms. The fourth-order valence-corrected chi connectivity index (χ4v) is 3.33. The van der Waals surface area contributed by atoms with Gasteiger partial charge >= 0.3 is 17.9 Å². The van der Waals surface area contributed by atoms with E-state index in [0.717, 1.165) is 7.11 Å². The number of rotatable bonds is 2. The number of cyclic esters (lactones) is 1. The van der Waals surface area contributed by atoms with Crippen LogP contribution in [0.5, 0.6) is 0 Å². The van der Waals surface area contributed by atoms with Crippen molar-refractivity contribution in [3.05, 3.63) is 52.6 Å². The van der Waals surface area contributed by atoms with Gasteiger partial charge in [-0.15, -0.1) is 0 Å². The van der Waals surface area contributed by atoms with Crippen molar-refractivity contribution < 1.29 is 28.6 Å². The van der Waals surface area contributed by atoms with Gasteiger partial charge in [0.05, 0.1) is 14.2 Å². The number of hydrogen-bond donors (Lipinski definition) is 2. The molecule has 0 unspecified atom stereocenters. The lowest BCUT2D eigenvalue weighted by atomic mass is 9.67. The van der Waals surface area contributed by atoms with E-state index in [1.54, 1.807) is 24.3 Å². The summed E-state index contributed by atoms with van der Waals surface area (Å²) in [6.07, 6.45) is 0. The van der Waals surface area contributed by atoms with Crippen LogP contribution in [0.1, 0.15) is 12.5 Å². The molecule has 0 bridgehead atoms. The number of ether oxygens (including phenoxy) is 3. The highest BCUT2D eigenvalue weighted by molar-refractivity contribution is 6.15. The molecule has 1 atom stereocenters. The number of carbonyl (C=O) groups excluding carboxylic acids is 3. The third-order valence-corrected chi connectivity index (χ3v) is 4.30. The molecule has 0 aromatic heterocycles. The van der Waals surface area contributed by atoms with E-state index >= 15 is 0 Å². The molecule has 2 heterocycles. The zero-order chi connectivity index (χ0) is 18.4. The highest BCUT2D eigenvalue weighted by Gasteiger charge is 2.62. The molecular formula is C17H16N2O6. The van der Waals surface area contributed by atoms with E-state index in [2.05, 4.69) is 5.32 Å². The monoisotopic (exact) mass is 344 g/mol. The SMILES string of the molecule is COC(=O)C1=C(N)Nc2ccccc2[C@]12C(=O)OC(C)=C2C(=O)OC. The van der Waals surface area contributed by atoms with E-state index in [1.807, 2.05) is 0 Å². The van der Waals surface area contributed by atoms with Gasteiger partial charge in [-0.25, -0.2) is 14.4 Å². The van der Waals surface area contributed by atoms with Crippen LogP contribution >= 0.6 is 0 Å². The van der Waals surface area contributed by atoms with Gasteiger partial charge in [-0.3, -0.25) is 0 Å². The summed E-state index contributed by atoms with van der Waals surface area (Å²) in [6, 6.07) is 6.69. The van der Waals surface area contributed by atoms with Crippen LogP contribution in [0.3, 0.4) is 0 Å². The maximum Gasteiger partial charge on any atom is 0.339 e. The minimum Gasteiger partial charge on any atom is -0.466 e. The molecule has 2 aliphatic heterocycles. The van der Waals surface area contributed by atoms with E-state index < -0.39 is 23.3 Å². The van der Waals surface area contributed by atoms with E-state index in [0.29, 0.717) is 11.3 Å². The van der Waals surface area contributed by atoms with E-state index in [4.69, 9.17) is 19.9 Å². The molecule has 2 aliphatic rings. The molecule has 1 aromatic rings. The molecule has 3 rings (SSSR count). The molecule has 0 saturated carbocycles. The number of esters is 3. The van der Waals surface area contributed by atoms with Crippen LogP contribution in [-0.2, 0) is 34.0 Å². The topological polar surface area (TPSA) is 117 Å². The second-order valence-corrected chi connectivity index (χ2v) is 5.51. The molecule has 3 N–H and O–H groups in total. The number of carbonyl (C=O) groups is 3. The lowest BCUT2D eigenvalue weighted by Gasteiger charge is -2.35. The molecule has 1 aromatic carbocycles. The average Bonchev–Trinajstić information content (AvgIpc) is 2.85. The summed E-state index contributed by atoms with van der Waals surface area (Å²) in [5, 5.41) is 2.86. The van der Waals surface area contributed by atoms with Crippen molar-refractivity contribution in [3.8, 4) is 0 Å². The number of para-hydroxylation sites is 1. The second kappa shape index (κ2) is 5.66. The van der Waals surface area contributed by atoms with Gasteiger partial charge < -0.3 is 25.3 Å². The van der Waals surface area contributed by atoms with Crippen LogP contribution in [0.4, 0.5) is 5.69 Å². The maximum absolute atomic E-state index is 12.9. The van der Waals surface area contributed by atoms with Crippen LogP contribution in [0.2, 0.25) is 0 Å². The normalized spacial score (nSPS) is 21.6. The quantitative estimate of drug-likeness (QED) is 0.595. The van der Waals surface area contributed by atoms with Crippen LogP contribution < -0.4 is 11.1 Å². The number of methoxy groups -OCH3 is 2. The number of benzene rings is 1. The maximum atomic E-state index is 12.9. The van der Waals surface area contributed by atoms with E-state index in [-0.39, 0.29) is 22.7 Å². The van der Waals surface area contributed by atoms with Crippen molar-refractivity contribution in [2.75, 3.05) is 19.5 Å². The number of hydrogen-bond acceptors (Lipinski definition) is 8. The first-order valence-corrected chi connectivity index (χ1v) is 7.36. The Bertz CT molecular complexity index is 870. The highest BCUT2D eigenvalue weighted by Crippen LogP contribution is 2.52. The number of nitrogens with two attached hydrogens (primary N) is 1. The fraction of sp³-hybridized carbons (Fsp3) is 0.235. The Morgan fingerprint density at radius 2 is 1.72 bits per heavy atom. The molecule has 0 saturated heterocycles. The minimum absolute atomic E-state index is 0.0442. The molecule has 0 radical (unpaired) electrons. The predicted octanol–water partition coefficient (Wildman–Crippen LogP) is 0.697. The number of allylic oxidation sites excluding steroid dienone is 1. The van der Waals surface area contributed by atoms with Gasteiger partial charge in [0.2, 0.25) is 0 Å². The zero-order valence-electron chi connectivity index (χ0n) is 13.8. The van der Waals surface area contributed by atoms with E-state index in [9.17, 15) is 14.4 Å². The van der Waals surface area contributed by atoms with Gasteiger partial charge in [-0.05, 0) is 13.0 Å².